The van der Waals surface area contributed by atoms with Crippen LogP contribution in [0.1, 0.15) is 42.4 Å². The third-order valence-corrected chi connectivity index (χ3v) is 6.24. The maximum absolute atomic E-state index is 12.8. The fourth-order valence-corrected chi connectivity index (χ4v) is 4.40. The molecule has 0 radical (unpaired) electrons. The summed E-state index contributed by atoms with van der Waals surface area (Å²) in [5, 5.41) is 9.19. The van der Waals surface area contributed by atoms with Crippen LogP contribution < -0.4 is 16.0 Å². The van der Waals surface area contributed by atoms with E-state index in [1.54, 1.807) is 7.05 Å². The molecule has 0 saturated heterocycles. The van der Waals surface area contributed by atoms with Gasteiger partial charge in [-0.3, -0.25) is 14.9 Å². The summed E-state index contributed by atoms with van der Waals surface area (Å²) in [7, 11) is 1.79. The van der Waals surface area contributed by atoms with Crippen LogP contribution in [-0.4, -0.2) is 23.8 Å². The van der Waals surface area contributed by atoms with Gasteiger partial charge in [0.2, 0.25) is 0 Å². The molecular formula is C27H26N4O2S. The lowest BCUT2D eigenvalue weighted by Crippen LogP contribution is -2.23. The first-order chi connectivity index (χ1) is 16.6. The zero-order chi connectivity index (χ0) is 23.8. The molecule has 6 nitrogen and oxygen atoms in total. The van der Waals surface area contributed by atoms with E-state index in [-0.39, 0.29) is 11.8 Å². The van der Waals surface area contributed by atoms with E-state index in [2.05, 4.69) is 33.1 Å². The van der Waals surface area contributed by atoms with Crippen LogP contribution in [0.3, 0.4) is 0 Å². The van der Waals surface area contributed by atoms with E-state index in [0.717, 1.165) is 17.5 Å². The average molecular weight is 471 g/mol. The molecule has 34 heavy (non-hydrogen) atoms. The number of thiazole rings is 1. The van der Waals surface area contributed by atoms with Crippen molar-refractivity contribution in [1.29, 1.82) is 0 Å². The van der Waals surface area contributed by atoms with Crippen molar-refractivity contribution in [2.45, 2.75) is 19.5 Å². The number of hydrogen-bond acceptors (Lipinski definition) is 5. The fourth-order valence-electron chi connectivity index (χ4n) is 3.50. The molecule has 0 bridgehead atoms. The van der Waals surface area contributed by atoms with Crippen molar-refractivity contribution >= 4 is 28.3 Å². The van der Waals surface area contributed by atoms with Crippen LogP contribution in [0, 0.1) is 0 Å². The molecule has 0 unspecified atom stereocenters. The first-order valence-corrected chi connectivity index (χ1v) is 11.8. The minimum absolute atomic E-state index is 0.211. The molecule has 3 aromatic carbocycles. The van der Waals surface area contributed by atoms with Crippen LogP contribution in [0.4, 0.5) is 5.13 Å². The number of hydrogen-bond donors (Lipinski definition) is 3. The standard InChI is InChI=1S/C27H26N4O2S/c1-28-18-23-24(26(33)29-17-21-10-6-3-7-11-21)34-27(30-23)31-25(32)22-14-12-20(13-15-22)16-19-8-4-2-5-9-19/h2-15,28H,16-18H2,1H3,(H,29,33)(H,30,31,32). The summed E-state index contributed by atoms with van der Waals surface area (Å²) >= 11 is 1.18. The second-order valence-corrected chi connectivity index (χ2v) is 8.81. The van der Waals surface area contributed by atoms with E-state index in [1.807, 2.05) is 72.8 Å². The first kappa shape index (κ1) is 23.4. The lowest BCUT2D eigenvalue weighted by molar-refractivity contribution is 0.0953. The smallest absolute Gasteiger partial charge is 0.263 e. The number of anilines is 1. The Morgan fingerprint density at radius 1 is 0.765 bits per heavy atom. The third-order valence-electron chi connectivity index (χ3n) is 5.23. The summed E-state index contributed by atoms with van der Waals surface area (Å²) in [4.78, 5) is 30.5. The Morgan fingerprint density at radius 2 is 1.38 bits per heavy atom. The minimum atomic E-state index is -0.257. The monoisotopic (exact) mass is 470 g/mol. The van der Waals surface area contributed by atoms with Gasteiger partial charge in [0.15, 0.2) is 5.13 Å². The van der Waals surface area contributed by atoms with Gasteiger partial charge in [0.1, 0.15) is 4.88 Å². The molecule has 4 rings (SSSR count). The molecule has 1 heterocycles. The van der Waals surface area contributed by atoms with Crippen molar-refractivity contribution in [3.8, 4) is 0 Å². The van der Waals surface area contributed by atoms with Crippen LogP contribution in [0.25, 0.3) is 0 Å². The van der Waals surface area contributed by atoms with Gasteiger partial charge in [-0.15, -0.1) is 0 Å². The highest BCUT2D eigenvalue weighted by atomic mass is 32.1. The Balaban J connectivity index is 1.41. The van der Waals surface area contributed by atoms with E-state index in [9.17, 15) is 9.59 Å². The van der Waals surface area contributed by atoms with Gasteiger partial charge in [-0.1, -0.05) is 84.1 Å². The van der Waals surface area contributed by atoms with Crippen molar-refractivity contribution in [3.05, 3.63) is 118 Å². The van der Waals surface area contributed by atoms with Gasteiger partial charge in [-0.25, -0.2) is 4.98 Å². The quantitative estimate of drug-likeness (QED) is 0.333. The lowest BCUT2D eigenvalue weighted by Gasteiger charge is -2.05. The van der Waals surface area contributed by atoms with E-state index in [0.29, 0.717) is 34.4 Å². The molecule has 0 spiro atoms. The molecule has 0 aliphatic carbocycles. The Hall–Kier alpha value is -3.81. The average Bonchev–Trinajstić information content (AvgIpc) is 3.26. The molecule has 172 valence electrons. The highest BCUT2D eigenvalue weighted by Gasteiger charge is 2.19. The van der Waals surface area contributed by atoms with E-state index >= 15 is 0 Å². The third kappa shape index (κ3) is 6.15. The predicted molar refractivity (Wildman–Crippen MR) is 136 cm³/mol. The van der Waals surface area contributed by atoms with Gasteiger partial charge in [0.05, 0.1) is 5.69 Å². The number of carbonyl (C=O) groups excluding carboxylic acids is 2. The van der Waals surface area contributed by atoms with Crippen LogP contribution in [0.2, 0.25) is 0 Å². The lowest BCUT2D eigenvalue weighted by atomic mass is 10.0. The Labute approximate surface area is 203 Å². The van der Waals surface area contributed by atoms with Gasteiger partial charge < -0.3 is 10.6 Å². The molecule has 3 N–H and O–H groups in total. The highest BCUT2D eigenvalue weighted by Crippen LogP contribution is 2.24. The molecule has 0 fully saturated rings. The van der Waals surface area contributed by atoms with Gasteiger partial charge in [0.25, 0.3) is 11.8 Å². The molecule has 0 aliphatic heterocycles. The Bertz CT molecular complexity index is 1240. The molecule has 0 atom stereocenters. The van der Waals surface area contributed by atoms with Crippen LogP contribution in [0.15, 0.2) is 84.9 Å². The maximum atomic E-state index is 12.8. The minimum Gasteiger partial charge on any atom is -0.347 e. The molecule has 7 heteroatoms. The van der Waals surface area contributed by atoms with E-state index < -0.39 is 0 Å². The normalized spacial score (nSPS) is 10.6. The number of rotatable bonds is 9. The molecule has 4 aromatic rings. The summed E-state index contributed by atoms with van der Waals surface area (Å²) in [6.07, 6.45) is 0.810. The van der Waals surface area contributed by atoms with E-state index in [4.69, 9.17) is 0 Å². The number of aromatic nitrogens is 1. The summed E-state index contributed by atoms with van der Waals surface area (Å²) in [5.74, 6) is -0.468. The predicted octanol–water partition coefficient (Wildman–Crippen LogP) is 4.64. The molecule has 0 saturated carbocycles. The van der Waals surface area contributed by atoms with Crippen LogP contribution in [-0.2, 0) is 19.5 Å². The fraction of sp³-hybridized carbons (Fsp3) is 0.148. The van der Waals surface area contributed by atoms with Crippen molar-refractivity contribution in [3.63, 3.8) is 0 Å². The molecular weight excluding hydrogens is 444 g/mol. The summed E-state index contributed by atoms with van der Waals surface area (Å²) in [6, 6.07) is 27.4. The SMILES string of the molecule is CNCc1nc(NC(=O)c2ccc(Cc3ccccc3)cc2)sc1C(=O)NCc1ccccc1. The van der Waals surface area contributed by atoms with Crippen LogP contribution in [0.5, 0.6) is 0 Å². The van der Waals surface area contributed by atoms with Crippen molar-refractivity contribution in [2.75, 3.05) is 12.4 Å². The Morgan fingerprint density at radius 3 is 2.03 bits per heavy atom. The number of nitrogens with zero attached hydrogens (tertiary/aromatic N) is 1. The zero-order valence-corrected chi connectivity index (χ0v) is 19.7. The zero-order valence-electron chi connectivity index (χ0n) is 18.9. The maximum Gasteiger partial charge on any atom is 0.263 e. The van der Waals surface area contributed by atoms with Gasteiger partial charge in [-0.2, -0.15) is 0 Å². The number of nitrogens with one attached hydrogen (secondary N) is 3. The Kier molecular flexibility index (Phi) is 7.80. The molecule has 2 amide bonds. The summed E-state index contributed by atoms with van der Waals surface area (Å²) < 4.78 is 0. The summed E-state index contributed by atoms with van der Waals surface area (Å²) in [6.45, 7) is 0.849. The number of carbonyl (C=O) groups is 2. The van der Waals surface area contributed by atoms with Crippen molar-refractivity contribution in [2.24, 2.45) is 0 Å². The van der Waals surface area contributed by atoms with E-state index in [1.165, 1.54) is 16.9 Å². The van der Waals surface area contributed by atoms with Crippen molar-refractivity contribution < 1.29 is 9.59 Å². The number of amides is 2. The van der Waals surface area contributed by atoms with Gasteiger partial charge in [-0.05, 0) is 42.3 Å². The van der Waals surface area contributed by atoms with Crippen LogP contribution >= 0.6 is 11.3 Å². The summed E-state index contributed by atoms with van der Waals surface area (Å²) in [5.41, 5.74) is 4.51. The van der Waals surface area contributed by atoms with Gasteiger partial charge in [0, 0.05) is 18.7 Å². The van der Waals surface area contributed by atoms with Crippen molar-refractivity contribution in [1.82, 2.24) is 15.6 Å². The van der Waals surface area contributed by atoms with Gasteiger partial charge >= 0.3 is 0 Å². The molecule has 1 aromatic heterocycles. The number of benzene rings is 3. The topological polar surface area (TPSA) is 83.1 Å². The second kappa shape index (κ2) is 11.4. The highest BCUT2D eigenvalue weighted by molar-refractivity contribution is 7.17. The largest absolute Gasteiger partial charge is 0.347 e. The first-order valence-electron chi connectivity index (χ1n) is 11.0. The second-order valence-electron chi connectivity index (χ2n) is 7.81. The molecule has 0 aliphatic rings.